The minimum Gasteiger partial charge on any atom is -0.436 e. The fourth-order valence-corrected chi connectivity index (χ4v) is 7.38. The average molecular weight is 735 g/mol. The van der Waals surface area contributed by atoms with Crippen molar-refractivity contribution in [1.82, 2.24) is 19.9 Å². The normalized spacial score (nSPS) is 13.6. The molecule has 0 atom stereocenters. The highest BCUT2D eigenvalue weighted by Gasteiger charge is 2.38. The first-order chi connectivity index (χ1) is 27.3. The number of aromatic nitrogens is 4. The number of imide groups is 2. The number of fused-ring (bicyclic) bond motifs is 4. The molecule has 0 saturated carbocycles. The van der Waals surface area contributed by atoms with E-state index in [0.29, 0.717) is 95.4 Å². The number of nitrogens with zero attached hydrogens (tertiary/aromatic N) is 6. The van der Waals surface area contributed by atoms with Crippen LogP contribution in [0, 0.1) is 0 Å². The zero-order valence-corrected chi connectivity index (χ0v) is 29.3. The van der Waals surface area contributed by atoms with Gasteiger partial charge in [0.1, 0.15) is 11.0 Å². The molecule has 8 aromatic rings. The predicted molar refractivity (Wildman–Crippen MR) is 206 cm³/mol. The van der Waals surface area contributed by atoms with Gasteiger partial charge >= 0.3 is 0 Å². The third kappa shape index (κ3) is 5.22. The molecule has 268 valence electrons. The van der Waals surface area contributed by atoms with Gasteiger partial charge in [-0.3, -0.25) is 29.1 Å². The Labute approximate surface area is 317 Å². The Morgan fingerprint density at radius 3 is 1.23 bits per heavy atom. The molecule has 10 rings (SSSR count). The number of benzene rings is 4. The number of anilines is 2. The van der Waals surface area contributed by atoms with E-state index in [1.807, 2.05) is 0 Å². The molecular formula is C44H26N6O6. The molecule has 0 aliphatic carbocycles. The summed E-state index contributed by atoms with van der Waals surface area (Å²) in [6.07, 6.45) is 7.02. The average Bonchev–Trinajstić information content (AvgIpc) is 3.98. The summed E-state index contributed by atoms with van der Waals surface area (Å²) in [6.45, 7) is 4.43. The summed E-state index contributed by atoms with van der Waals surface area (Å²) in [4.78, 5) is 74.4. The lowest BCUT2D eigenvalue weighted by Crippen LogP contribution is -2.29. The molecule has 2 aliphatic rings. The van der Waals surface area contributed by atoms with Crippen molar-refractivity contribution in [2.75, 3.05) is 9.80 Å². The Kier molecular flexibility index (Phi) is 7.39. The second-order valence-electron chi connectivity index (χ2n) is 13.5. The highest BCUT2D eigenvalue weighted by molar-refractivity contribution is 6.35. The maximum atomic E-state index is 13.6. The van der Waals surface area contributed by atoms with Crippen molar-refractivity contribution >= 4 is 57.2 Å². The molecular weight excluding hydrogens is 709 g/mol. The maximum absolute atomic E-state index is 13.6. The number of pyridine rings is 2. The quantitative estimate of drug-likeness (QED) is 0.111. The summed E-state index contributed by atoms with van der Waals surface area (Å²) in [5.41, 5.74) is 7.14. The van der Waals surface area contributed by atoms with Crippen molar-refractivity contribution in [2.24, 2.45) is 0 Å². The van der Waals surface area contributed by atoms with Gasteiger partial charge in [-0.05, 0) is 85.6 Å². The Morgan fingerprint density at radius 1 is 0.518 bits per heavy atom. The van der Waals surface area contributed by atoms with Gasteiger partial charge in [0, 0.05) is 47.0 Å². The summed E-state index contributed by atoms with van der Waals surface area (Å²) in [6, 6.07) is 27.4. The zero-order chi connectivity index (χ0) is 38.1. The monoisotopic (exact) mass is 734 g/mol. The largest absolute Gasteiger partial charge is 0.436 e. The molecule has 2 aliphatic heterocycles. The van der Waals surface area contributed by atoms with Gasteiger partial charge in [-0.1, -0.05) is 36.4 Å². The summed E-state index contributed by atoms with van der Waals surface area (Å²) >= 11 is 0. The summed E-state index contributed by atoms with van der Waals surface area (Å²) in [5, 5.41) is 0. The van der Waals surface area contributed by atoms with E-state index in [2.05, 4.69) is 16.5 Å². The smallest absolute Gasteiger partial charge is 0.266 e. The number of hydrogen-bond donors (Lipinski definition) is 0. The summed E-state index contributed by atoms with van der Waals surface area (Å²) in [7, 11) is 0. The van der Waals surface area contributed by atoms with E-state index in [-0.39, 0.29) is 12.8 Å². The number of rotatable bonds is 8. The first kappa shape index (κ1) is 32.8. The third-order valence-corrected chi connectivity index (χ3v) is 9.94. The van der Waals surface area contributed by atoms with Crippen molar-refractivity contribution in [3.8, 4) is 22.9 Å². The molecule has 0 radical (unpaired) electrons. The second-order valence-corrected chi connectivity index (χ2v) is 13.5. The van der Waals surface area contributed by atoms with E-state index in [4.69, 9.17) is 18.8 Å². The first-order valence-electron chi connectivity index (χ1n) is 17.6. The van der Waals surface area contributed by atoms with Crippen LogP contribution in [-0.4, -0.2) is 43.6 Å². The molecule has 56 heavy (non-hydrogen) atoms. The molecule has 4 aromatic heterocycles. The van der Waals surface area contributed by atoms with E-state index >= 15 is 0 Å². The van der Waals surface area contributed by atoms with Crippen molar-refractivity contribution in [3.05, 3.63) is 167 Å². The van der Waals surface area contributed by atoms with E-state index in [1.165, 1.54) is 0 Å². The zero-order valence-electron chi connectivity index (χ0n) is 29.3. The molecule has 6 heterocycles. The SMILES string of the molecule is C=C(Cc1cc(N2C(=O)c3ccccc3C2=O)cc2nc(-c3ccncc3)oc12)Cc1cc(N2C(=O)c3ccccc3C2=O)cc2nc(-c3ccncc3)oc12. The molecule has 12 nitrogen and oxygen atoms in total. The Balaban J connectivity index is 1.06. The van der Waals surface area contributed by atoms with Gasteiger partial charge in [0.25, 0.3) is 23.6 Å². The van der Waals surface area contributed by atoms with Crippen LogP contribution in [-0.2, 0) is 12.8 Å². The van der Waals surface area contributed by atoms with E-state index < -0.39 is 23.6 Å². The molecule has 12 heteroatoms. The molecule has 0 spiro atoms. The standard InChI is InChI=1S/C44H26N6O6/c1-24(18-27-20-29(49-41(51)31-6-2-3-7-32(31)42(49)52)22-35-37(27)55-39(47-35)25-10-14-45-15-11-25)19-28-21-30(50-43(53)33-8-4-5-9-34(33)44(50)54)23-36-38(28)56-40(48-36)26-12-16-46-17-13-26/h2-17,20-23H,1,18-19H2. The first-order valence-corrected chi connectivity index (χ1v) is 17.6. The minimum absolute atomic E-state index is 0.239. The second kappa shape index (κ2) is 12.6. The lowest BCUT2D eigenvalue weighted by atomic mass is 9.97. The lowest BCUT2D eigenvalue weighted by Gasteiger charge is -2.17. The summed E-state index contributed by atoms with van der Waals surface area (Å²) in [5.74, 6) is -1.06. The van der Waals surface area contributed by atoms with Gasteiger partial charge < -0.3 is 8.83 Å². The number of allylic oxidation sites excluding steroid dienone is 1. The van der Waals surface area contributed by atoms with Gasteiger partial charge in [0.05, 0.1) is 33.6 Å². The van der Waals surface area contributed by atoms with Crippen LogP contribution in [0.1, 0.15) is 52.6 Å². The van der Waals surface area contributed by atoms with Gasteiger partial charge in [0.2, 0.25) is 11.8 Å². The van der Waals surface area contributed by atoms with Crippen LogP contribution in [0.5, 0.6) is 0 Å². The van der Waals surface area contributed by atoms with Gasteiger partial charge in [-0.25, -0.2) is 19.8 Å². The summed E-state index contributed by atoms with van der Waals surface area (Å²) < 4.78 is 12.7. The molecule has 4 aromatic carbocycles. The Bertz CT molecular complexity index is 2720. The van der Waals surface area contributed by atoms with Crippen molar-refractivity contribution < 1.29 is 28.0 Å². The van der Waals surface area contributed by atoms with Crippen LogP contribution >= 0.6 is 0 Å². The molecule has 0 saturated heterocycles. The Morgan fingerprint density at radius 2 is 0.875 bits per heavy atom. The van der Waals surface area contributed by atoms with Gasteiger partial charge in [-0.15, -0.1) is 0 Å². The molecule has 0 N–H and O–H groups in total. The van der Waals surface area contributed by atoms with E-state index in [1.54, 1.807) is 122 Å². The van der Waals surface area contributed by atoms with Crippen LogP contribution in [0.15, 0.2) is 143 Å². The minimum atomic E-state index is -0.435. The van der Waals surface area contributed by atoms with Crippen LogP contribution in [0.2, 0.25) is 0 Å². The number of hydrogen-bond acceptors (Lipinski definition) is 10. The molecule has 0 fully saturated rings. The van der Waals surface area contributed by atoms with Crippen molar-refractivity contribution in [1.29, 1.82) is 0 Å². The van der Waals surface area contributed by atoms with Crippen LogP contribution < -0.4 is 9.80 Å². The molecule has 0 unspecified atom stereocenters. The molecule has 0 bridgehead atoms. The van der Waals surface area contributed by atoms with Crippen molar-refractivity contribution in [2.45, 2.75) is 12.8 Å². The van der Waals surface area contributed by atoms with Crippen LogP contribution in [0.3, 0.4) is 0 Å². The highest BCUT2D eigenvalue weighted by atomic mass is 16.4. The fourth-order valence-electron chi connectivity index (χ4n) is 7.38. The number of carbonyl (C=O) groups is 4. The molecule has 4 amide bonds. The van der Waals surface area contributed by atoms with Crippen LogP contribution in [0.25, 0.3) is 45.1 Å². The Hall–Kier alpha value is -7.86. The van der Waals surface area contributed by atoms with E-state index in [9.17, 15) is 19.2 Å². The van der Waals surface area contributed by atoms with Crippen LogP contribution in [0.4, 0.5) is 11.4 Å². The van der Waals surface area contributed by atoms with Gasteiger partial charge in [0.15, 0.2) is 11.2 Å². The van der Waals surface area contributed by atoms with Crippen molar-refractivity contribution in [3.63, 3.8) is 0 Å². The van der Waals surface area contributed by atoms with E-state index in [0.717, 1.165) is 9.80 Å². The fraction of sp³-hybridized carbons (Fsp3) is 0.0455. The number of carbonyl (C=O) groups excluding carboxylic acids is 4. The lowest BCUT2D eigenvalue weighted by molar-refractivity contribution is 0.0910. The number of amides is 4. The topological polar surface area (TPSA) is 153 Å². The van der Waals surface area contributed by atoms with Gasteiger partial charge in [-0.2, -0.15) is 0 Å². The highest BCUT2D eigenvalue weighted by Crippen LogP contribution is 2.38. The predicted octanol–water partition coefficient (Wildman–Crippen LogP) is 8.04. The maximum Gasteiger partial charge on any atom is 0.266 e. The third-order valence-electron chi connectivity index (χ3n) is 9.94. The number of oxazole rings is 2.